The van der Waals surface area contributed by atoms with Gasteiger partial charge in [-0.3, -0.25) is 13.9 Å². The van der Waals surface area contributed by atoms with Crippen molar-refractivity contribution >= 4 is 49.7 Å². The summed E-state index contributed by atoms with van der Waals surface area (Å²) in [6.07, 6.45) is 1.50. The molecular weight excluding hydrogens is 414 g/mol. The van der Waals surface area contributed by atoms with Crippen LogP contribution in [0.3, 0.4) is 0 Å². The van der Waals surface area contributed by atoms with Crippen LogP contribution in [0, 0.1) is 0 Å². The number of rotatable bonds is 4. The number of nitrogens with one attached hydrogen (secondary N) is 2. The second kappa shape index (κ2) is 8.39. The van der Waals surface area contributed by atoms with Gasteiger partial charge in [-0.25, -0.2) is 8.42 Å². The van der Waals surface area contributed by atoms with Crippen molar-refractivity contribution in [1.29, 1.82) is 0 Å². The van der Waals surface area contributed by atoms with Gasteiger partial charge in [-0.2, -0.15) is 0 Å². The second-order valence-electron chi connectivity index (χ2n) is 7.48. The largest absolute Gasteiger partial charge is 0.326 e. The summed E-state index contributed by atoms with van der Waals surface area (Å²) in [5.74, 6) is -0.320. The molecule has 4 rings (SSSR count). The lowest BCUT2D eigenvalue weighted by atomic mass is 10.1. The molecule has 0 unspecified atom stereocenters. The van der Waals surface area contributed by atoms with Gasteiger partial charge in [-0.15, -0.1) is 0 Å². The summed E-state index contributed by atoms with van der Waals surface area (Å²) < 4.78 is 26.0. The van der Waals surface area contributed by atoms with E-state index >= 15 is 0 Å². The van der Waals surface area contributed by atoms with Crippen LogP contribution in [0.2, 0.25) is 0 Å². The molecule has 31 heavy (non-hydrogen) atoms. The molecule has 3 aromatic rings. The van der Waals surface area contributed by atoms with Crippen molar-refractivity contribution in [3.05, 3.63) is 66.2 Å². The van der Waals surface area contributed by atoms with Gasteiger partial charge in [-0.05, 0) is 49.2 Å². The molecule has 0 saturated carbocycles. The van der Waals surface area contributed by atoms with Crippen LogP contribution < -0.4 is 14.9 Å². The van der Waals surface area contributed by atoms with Gasteiger partial charge < -0.3 is 10.6 Å². The van der Waals surface area contributed by atoms with Crippen molar-refractivity contribution in [1.82, 2.24) is 0 Å². The normalized spacial score (nSPS) is 15.5. The molecule has 0 aromatic heterocycles. The van der Waals surface area contributed by atoms with Gasteiger partial charge in [0.15, 0.2) is 0 Å². The zero-order chi connectivity index (χ0) is 22.0. The van der Waals surface area contributed by atoms with Gasteiger partial charge in [0.05, 0.1) is 11.4 Å². The van der Waals surface area contributed by atoms with Gasteiger partial charge >= 0.3 is 0 Å². The fourth-order valence-corrected chi connectivity index (χ4v) is 5.41. The van der Waals surface area contributed by atoms with Gasteiger partial charge in [-0.1, -0.05) is 24.3 Å². The molecule has 0 bridgehead atoms. The zero-order valence-electron chi connectivity index (χ0n) is 17.1. The van der Waals surface area contributed by atoms with Crippen LogP contribution in [0.4, 0.5) is 17.1 Å². The van der Waals surface area contributed by atoms with Crippen LogP contribution in [0.25, 0.3) is 10.8 Å². The Morgan fingerprint density at radius 1 is 0.839 bits per heavy atom. The fraction of sp³-hybridized carbons (Fsp3) is 0.217. The highest BCUT2D eigenvalue weighted by Gasteiger charge is 2.26. The first-order valence-corrected chi connectivity index (χ1v) is 11.7. The highest BCUT2D eigenvalue weighted by atomic mass is 32.2. The quantitative estimate of drug-likeness (QED) is 0.645. The number of amides is 2. The van der Waals surface area contributed by atoms with E-state index in [0.29, 0.717) is 35.6 Å². The number of hydrogen-bond donors (Lipinski definition) is 2. The van der Waals surface area contributed by atoms with Crippen LogP contribution in [0.5, 0.6) is 0 Å². The second-order valence-corrected chi connectivity index (χ2v) is 9.50. The first kappa shape index (κ1) is 20.9. The molecule has 8 heteroatoms. The van der Waals surface area contributed by atoms with Crippen LogP contribution in [-0.2, 0) is 14.8 Å². The minimum Gasteiger partial charge on any atom is -0.326 e. The summed E-state index contributed by atoms with van der Waals surface area (Å²) in [7, 11) is -3.29. The van der Waals surface area contributed by atoms with E-state index in [9.17, 15) is 18.0 Å². The van der Waals surface area contributed by atoms with E-state index in [2.05, 4.69) is 10.6 Å². The Morgan fingerprint density at radius 2 is 1.45 bits per heavy atom. The maximum absolute atomic E-state index is 12.8. The lowest BCUT2D eigenvalue weighted by molar-refractivity contribution is -0.114. The van der Waals surface area contributed by atoms with E-state index in [1.54, 1.807) is 30.3 Å². The minimum atomic E-state index is -3.29. The molecule has 1 fully saturated rings. The molecule has 2 N–H and O–H groups in total. The first-order chi connectivity index (χ1) is 14.8. The number of sulfonamides is 1. The Kier molecular flexibility index (Phi) is 5.65. The molecule has 2 amide bonds. The minimum absolute atomic E-state index is 0.150. The lowest BCUT2D eigenvalue weighted by Crippen LogP contribution is -2.37. The van der Waals surface area contributed by atoms with Crippen LogP contribution >= 0.6 is 0 Å². The average Bonchev–Trinajstić information content (AvgIpc) is 2.74. The summed E-state index contributed by atoms with van der Waals surface area (Å²) >= 11 is 0. The smallest absolute Gasteiger partial charge is 0.255 e. The molecule has 0 spiro atoms. The summed E-state index contributed by atoms with van der Waals surface area (Å²) in [5, 5.41) is 7.34. The van der Waals surface area contributed by atoms with Gasteiger partial charge in [0.25, 0.3) is 5.91 Å². The lowest BCUT2D eigenvalue weighted by Gasteiger charge is -2.28. The fourth-order valence-electron chi connectivity index (χ4n) is 3.77. The third-order valence-corrected chi connectivity index (χ3v) is 7.12. The number of anilines is 3. The Morgan fingerprint density at radius 3 is 2.03 bits per heavy atom. The summed E-state index contributed by atoms with van der Waals surface area (Å²) in [4.78, 5) is 24.3. The third-order valence-electron chi connectivity index (χ3n) is 5.25. The van der Waals surface area contributed by atoms with E-state index in [-0.39, 0.29) is 17.6 Å². The molecule has 1 saturated heterocycles. The van der Waals surface area contributed by atoms with Gasteiger partial charge in [0, 0.05) is 41.2 Å². The van der Waals surface area contributed by atoms with Crippen molar-refractivity contribution in [2.75, 3.05) is 27.2 Å². The third kappa shape index (κ3) is 4.39. The number of fused-ring (bicyclic) bond motifs is 1. The van der Waals surface area contributed by atoms with E-state index in [1.165, 1.54) is 11.2 Å². The monoisotopic (exact) mass is 437 g/mol. The Hall–Kier alpha value is -3.39. The molecule has 7 nitrogen and oxygen atoms in total. The van der Waals surface area contributed by atoms with Crippen LogP contribution in [-0.4, -0.2) is 32.5 Å². The highest BCUT2D eigenvalue weighted by molar-refractivity contribution is 7.92. The average molecular weight is 438 g/mol. The Bertz CT molecular complexity index is 1250. The van der Waals surface area contributed by atoms with Crippen molar-refractivity contribution in [3.8, 4) is 0 Å². The Labute approximate surface area is 181 Å². The first-order valence-electron chi connectivity index (χ1n) is 10.1. The molecule has 1 aliphatic rings. The van der Waals surface area contributed by atoms with E-state index in [0.717, 1.165) is 17.2 Å². The molecule has 3 aromatic carbocycles. The predicted octanol–water partition coefficient (Wildman–Crippen LogP) is 3.98. The maximum Gasteiger partial charge on any atom is 0.255 e. The predicted molar refractivity (Wildman–Crippen MR) is 123 cm³/mol. The van der Waals surface area contributed by atoms with Crippen molar-refractivity contribution < 1.29 is 18.0 Å². The highest BCUT2D eigenvalue weighted by Crippen LogP contribution is 2.30. The number of carbonyl (C=O) groups is 2. The Balaban J connectivity index is 1.57. The van der Waals surface area contributed by atoms with E-state index in [4.69, 9.17) is 0 Å². The topological polar surface area (TPSA) is 95.6 Å². The van der Waals surface area contributed by atoms with Gasteiger partial charge in [0.1, 0.15) is 0 Å². The summed E-state index contributed by atoms with van der Waals surface area (Å²) in [6.45, 7) is 1.91. The number of hydrogen-bond acceptors (Lipinski definition) is 4. The number of benzene rings is 3. The summed E-state index contributed by atoms with van der Waals surface area (Å²) in [6, 6.07) is 17.6. The molecule has 0 aliphatic carbocycles. The summed E-state index contributed by atoms with van der Waals surface area (Å²) in [5.41, 5.74) is 2.29. The van der Waals surface area contributed by atoms with E-state index in [1.807, 2.05) is 30.3 Å². The molecule has 160 valence electrons. The zero-order valence-corrected chi connectivity index (χ0v) is 17.9. The van der Waals surface area contributed by atoms with E-state index < -0.39 is 10.0 Å². The molecule has 0 radical (unpaired) electrons. The van der Waals surface area contributed by atoms with Crippen molar-refractivity contribution in [3.63, 3.8) is 0 Å². The van der Waals surface area contributed by atoms with Crippen LogP contribution in [0.1, 0.15) is 30.1 Å². The number of nitrogens with zero attached hydrogens (tertiary/aromatic N) is 1. The SMILES string of the molecule is CC(=O)Nc1cccc2c(NC(=O)c3ccc(N4CCCCS4(=O)=O)cc3)cccc12. The molecule has 1 aliphatic heterocycles. The standard InChI is InChI=1S/C23H23N3O4S/c1-16(27)24-21-8-4-7-20-19(21)6-5-9-22(20)25-23(28)17-10-12-18(13-11-17)26-14-2-3-15-31(26,29)30/h4-13H,2-3,14-15H2,1H3,(H,24,27)(H,25,28). The number of carbonyl (C=O) groups excluding carboxylic acids is 2. The van der Waals surface area contributed by atoms with Crippen molar-refractivity contribution in [2.24, 2.45) is 0 Å². The van der Waals surface area contributed by atoms with Crippen LogP contribution in [0.15, 0.2) is 60.7 Å². The molecule has 1 heterocycles. The molecule has 0 atom stereocenters. The van der Waals surface area contributed by atoms with Crippen molar-refractivity contribution in [2.45, 2.75) is 19.8 Å². The maximum atomic E-state index is 12.8. The van der Waals surface area contributed by atoms with Gasteiger partial charge in [0.2, 0.25) is 15.9 Å². The molecular formula is C23H23N3O4S.